The molecular formula is C17H14BrN3O2S. The number of halogens is 1. The lowest BCUT2D eigenvalue weighted by Gasteiger charge is -2.05. The molecule has 0 saturated carbocycles. The van der Waals surface area contributed by atoms with Crippen LogP contribution in [0.3, 0.4) is 0 Å². The molecule has 7 heteroatoms. The second-order valence-electron chi connectivity index (χ2n) is 5.37. The van der Waals surface area contributed by atoms with E-state index in [0.29, 0.717) is 21.8 Å². The molecule has 3 rings (SSSR count). The fraction of sp³-hybridized carbons (Fsp3) is 0.176. The molecule has 2 aromatic heterocycles. The lowest BCUT2D eigenvalue weighted by Crippen LogP contribution is -2.13. The second kappa shape index (κ2) is 6.86. The maximum absolute atomic E-state index is 12.2. The SMILES string of the molecule is Cc1cc(C)c2c(=O)[nH]c(SCC(=O)c3ccc(Br)cc3)nc2n1. The van der Waals surface area contributed by atoms with Gasteiger partial charge in [-0.25, -0.2) is 9.97 Å². The number of pyridine rings is 1. The third kappa shape index (κ3) is 3.57. The van der Waals surface area contributed by atoms with Crippen LogP contribution < -0.4 is 5.56 Å². The number of hydrogen-bond acceptors (Lipinski definition) is 5. The Labute approximate surface area is 151 Å². The van der Waals surface area contributed by atoms with E-state index in [1.54, 1.807) is 12.1 Å². The van der Waals surface area contributed by atoms with Crippen LogP contribution in [0.1, 0.15) is 21.6 Å². The molecule has 1 aromatic carbocycles. The van der Waals surface area contributed by atoms with E-state index in [1.807, 2.05) is 32.0 Å². The van der Waals surface area contributed by atoms with Crippen molar-refractivity contribution in [2.45, 2.75) is 19.0 Å². The number of rotatable bonds is 4. The van der Waals surface area contributed by atoms with Crippen LogP contribution in [0.2, 0.25) is 0 Å². The molecule has 0 unspecified atom stereocenters. The fourth-order valence-corrected chi connectivity index (χ4v) is 3.40. The normalized spacial score (nSPS) is 11.0. The van der Waals surface area contributed by atoms with Gasteiger partial charge in [0.15, 0.2) is 16.6 Å². The van der Waals surface area contributed by atoms with Gasteiger partial charge in [-0.2, -0.15) is 0 Å². The van der Waals surface area contributed by atoms with Gasteiger partial charge in [0.2, 0.25) is 0 Å². The molecule has 0 saturated heterocycles. The van der Waals surface area contributed by atoms with Crippen molar-refractivity contribution in [1.29, 1.82) is 0 Å². The number of carbonyl (C=O) groups excluding carboxylic acids is 1. The summed E-state index contributed by atoms with van der Waals surface area (Å²) in [6, 6.07) is 9.02. The van der Waals surface area contributed by atoms with E-state index in [0.717, 1.165) is 15.7 Å². The Morgan fingerprint density at radius 1 is 1.21 bits per heavy atom. The van der Waals surface area contributed by atoms with Gasteiger partial charge in [0.25, 0.3) is 5.56 Å². The number of Topliss-reactive ketones (excluding diaryl/α,β-unsaturated/α-hetero) is 1. The van der Waals surface area contributed by atoms with E-state index in [-0.39, 0.29) is 17.1 Å². The third-order valence-corrected chi connectivity index (χ3v) is 4.89. The summed E-state index contributed by atoms with van der Waals surface area (Å²) >= 11 is 4.54. The fourth-order valence-electron chi connectivity index (χ4n) is 2.38. The molecule has 3 aromatic rings. The van der Waals surface area contributed by atoms with Crippen LogP contribution >= 0.6 is 27.7 Å². The van der Waals surface area contributed by atoms with Crippen molar-refractivity contribution in [3.8, 4) is 0 Å². The average Bonchev–Trinajstić information content (AvgIpc) is 2.52. The van der Waals surface area contributed by atoms with Crippen molar-refractivity contribution < 1.29 is 4.79 Å². The Bertz CT molecular complexity index is 984. The number of carbonyl (C=O) groups is 1. The Balaban J connectivity index is 1.84. The standard InChI is InChI=1S/C17H14BrN3O2S/c1-9-7-10(2)19-15-14(9)16(23)21-17(20-15)24-8-13(22)11-3-5-12(18)6-4-11/h3-7H,8H2,1-2H3,(H,19,20,21,23). The highest BCUT2D eigenvalue weighted by Gasteiger charge is 2.11. The number of thioether (sulfide) groups is 1. The van der Waals surface area contributed by atoms with Gasteiger partial charge >= 0.3 is 0 Å². The largest absolute Gasteiger partial charge is 0.301 e. The number of fused-ring (bicyclic) bond motifs is 1. The maximum atomic E-state index is 12.2. The molecule has 0 fully saturated rings. The van der Waals surface area contributed by atoms with Crippen LogP contribution in [0, 0.1) is 13.8 Å². The van der Waals surface area contributed by atoms with Gasteiger partial charge in [0.05, 0.1) is 11.1 Å². The predicted molar refractivity (Wildman–Crippen MR) is 98.8 cm³/mol. The molecule has 0 atom stereocenters. The van der Waals surface area contributed by atoms with Crippen molar-refractivity contribution in [2.75, 3.05) is 5.75 Å². The zero-order valence-corrected chi connectivity index (χ0v) is 15.5. The van der Waals surface area contributed by atoms with Gasteiger partial charge in [-0.15, -0.1) is 0 Å². The smallest absolute Gasteiger partial charge is 0.261 e. The summed E-state index contributed by atoms with van der Waals surface area (Å²) in [5.74, 6) is 0.171. The van der Waals surface area contributed by atoms with Gasteiger partial charge in [0, 0.05) is 15.7 Å². The molecule has 5 nitrogen and oxygen atoms in total. The molecule has 2 heterocycles. The van der Waals surface area contributed by atoms with E-state index in [1.165, 1.54) is 11.8 Å². The number of ketones is 1. The zero-order chi connectivity index (χ0) is 17.3. The van der Waals surface area contributed by atoms with Crippen molar-refractivity contribution in [2.24, 2.45) is 0 Å². The predicted octanol–water partition coefficient (Wildman–Crippen LogP) is 3.67. The summed E-state index contributed by atoms with van der Waals surface area (Å²) in [7, 11) is 0. The number of benzene rings is 1. The quantitative estimate of drug-likeness (QED) is 0.408. The first-order chi connectivity index (χ1) is 11.4. The maximum Gasteiger partial charge on any atom is 0.261 e. The first-order valence-corrected chi connectivity index (χ1v) is 9.02. The van der Waals surface area contributed by atoms with Crippen LogP contribution in [0.4, 0.5) is 0 Å². The van der Waals surface area contributed by atoms with Crippen LogP contribution in [0.5, 0.6) is 0 Å². The highest BCUT2D eigenvalue weighted by molar-refractivity contribution is 9.10. The molecule has 24 heavy (non-hydrogen) atoms. The minimum Gasteiger partial charge on any atom is -0.301 e. The van der Waals surface area contributed by atoms with Crippen molar-refractivity contribution in [1.82, 2.24) is 15.0 Å². The Morgan fingerprint density at radius 3 is 2.62 bits per heavy atom. The monoisotopic (exact) mass is 403 g/mol. The highest BCUT2D eigenvalue weighted by Crippen LogP contribution is 2.18. The summed E-state index contributed by atoms with van der Waals surface area (Å²) in [6.45, 7) is 3.72. The average molecular weight is 404 g/mol. The van der Waals surface area contributed by atoms with Crippen molar-refractivity contribution >= 4 is 44.5 Å². The van der Waals surface area contributed by atoms with E-state index < -0.39 is 0 Å². The molecule has 0 spiro atoms. The highest BCUT2D eigenvalue weighted by atomic mass is 79.9. The van der Waals surface area contributed by atoms with E-state index in [4.69, 9.17) is 0 Å². The van der Waals surface area contributed by atoms with E-state index >= 15 is 0 Å². The number of H-pyrrole nitrogens is 1. The first kappa shape index (κ1) is 16.9. The van der Waals surface area contributed by atoms with Gasteiger partial charge in [0.1, 0.15) is 0 Å². The summed E-state index contributed by atoms with van der Waals surface area (Å²) in [4.78, 5) is 35.9. The lowest BCUT2D eigenvalue weighted by atomic mass is 10.2. The van der Waals surface area contributed by atoms with Crippen molar-refractivity contribution in [3.05, 3.63) is 62.0 Å². The Hall–Kier alpha value is -1.99. The third-order valence-electron chi connectivity index (χ3n) is 3.49. The molecule has 0 amide bonds. The molecule has 122 valence electrons. The van der Waals surface area contributed by atoms with Crippen LogP contribution in [0.15, 0.2) is 44.8 Å². The molecule has 1 N–H and O–H groups in total. The van der Waals surface area contributed by atoms with Gasteiger partial charge < -0.3 is 4.98 Å². The van der Waals surface area contributed by atoms with Crippen LogP contribution in [-0.4, -0.2) is 26.5 Å². The van der Waals surface area contributed by atoms with Gasteiger partial charge in [-0.3, -0.25) is 9.59 Å². The van der Waals surface area contributed by atoms with E-state index in [2.05, 4.69) is 30.9 Å². The topological polar surface area (TPSA) is 75.7 Å². The number of hydrogen-bond donors (Lipinski definition) is 1. The minimum absolute atomic E-state index is 0.0244. The second-order valence-corrected chi connectivity index (χ2v) is 7.25. The molecule has 0 radical (unpaired) electrons. The number of aromatic amines is 1. The minimum atomic E-state index is -0.233. The molecular weight excluding hydrogens is 390 g/mol. The van der Waals surface area contributed by atoms with E-state index in [9.17, 15) is 9.59 Å². The molecule has 0 aliphatic heterocycles. The zero-order valence-electron chi connectivity index (χ0n) is 13.1. The molecule has 0 aliphatic rings. The van der Waals surface area contributed by atoms with Gasteiger partial charge in [-0.1, -0.05) is 39.8 Å². The molecule has 0 bridgehead atoms. The van der Waals surface area contributed by atoms with Gasteiger partial charge in [-0.05, 0) is 37.6 Å². The number of aryl methyl sites for hydroxylation is 2. The summed E-state index contributed by atoms with van der Waals surface area (Å²) in [6.07, 6.45) is 0. The lowest BCUT2D eigenvalue weighted by molar-refractivity contribution is 0.102. The summed E-state index contributed by atoms with van der Waals surface area (Å²) < 4.78 is 0.920. The van der Waals surface area contributed by atoms with Crippen LogP contribution in [-0.2, 0) is 0 Å². The summed E-state index contributed by atoms with van der Waals surface area (Å²) in [5.41, 5.74) is 2.45. The first-order valence-electron chi connectivity index (χ1n) is 7.24. The van der Waals surface area contributed by atoms with Crippen molar-refractivity contribution in [3.63, 3.8) is 0 Å². The Morgan fingerprint density at radius 2 is 1.92 bits per heavy atom. The van der Waals surface area contributed by atoms with Crippen LogP contribution in [0.25, 0.3) is 11.0 Å². The number of nitrogens with zero attached hydrogens (tertiary/aromatic N) is 2. The summed E-state index contributed by atoms with van der Waals surface area (Å²) in [5, 5.41) is 0.889. The molecule has 0 aliphatic carbocycles. The Kier molecular flexibility index (Phi) is 4.82. The number of nitrogens with one attached hydrogen (secondary N) is 1. The number of aromatic nitrogens is 3.